The molecule has 5 rings (SSSR count). The van der Waals surface area contributed by atoms with Gasteiger partial charge in [-0.25, -0.2) is 9.59 Å². The van der Waals surface area contributed by atoms with Crippen LogP contribution in [0, 0.1) is 0 Å². The zero-order valence-corrected chi connectivity index (χ0v) is 30.2. The molecule has 4 aromatic rings. The van der Waals surface area contributed by atoms with Crippen molar-refractivity contribution in [2.45, 2.75) is 57.6 Å². The molecule has 1 fully saturated rings. The summed E-state index contributed by atoms with van der Waals surface area (Å²) in [5.41, 5.74) is 0.238. The summed E-state index contributed by atoms with van der Waals surface area (Å²) < 4.78 is 19.3. The van der Waals surface area contributed by atoms with E-state index >= 15 is 0 Å². The number of hydrogen-bond acceptors (Lipinski definition) is 5. The lowest BCUT2D eigenvalue weighted by Gasteiger charge is -2.58. The Morgan fingerprint density at radius 2 is 0.979 bits per heavy atom. The van der Waals surface area contributed by atoms with E-state index in [4.69, 9.17) is 13.9 Å². The van der Waals surface area contributed by atoms with Crippen LogP contribution in [0.5, 0.6) is 0 Å². The molecule has 7 heteroatoms. The number of ether oxygens (including phenoxy) is 2. The Morgan fingerprint density at radius 3 is 1.33 bits per heavy atom. The van der Waals surface area contributed by atoms with Gasteiger partial charge in [-0.2, -0.15) is 0 Å². The van der Waals surface area contributed by atoms with E-state index in [2.05, 4.69) is 134 Å². The first-order chi connectivity index (χ1) is 23.2. The molecule has 48 heavy (non-hydrogen) atoms. The molecule has 248 valence electrons. The smallest absolute Gasteiger partial charge is 0.333 e. The van der Waals surface area contributed by atoms with Crippen LogP contribution in [0.4, 0.5) is 0 Å². The summed E-state index contributed by atoms with van der Waals surface area (Å²) in [6, 6.07) is 44.9. The highest BCUT2D eigenvalue weighted by molar-refractivity contribution is 7.57. The standard InChI is InChI=1S/C41H46O5Si2/c1-33(2)39(42)44-30-17-27-41(28-18-31-45-40(43)34(3)4)29-32-47(35-19-9-5-10-20-35,36-21-11-6-12-22-36)48(46-41,37-23-13-7-14-24-37)38-25-15-8-16-26-38/h5-16,19-26H,1,3,17-18,27-32H2,2,4H3. The van der Waals surface area contributed by atoms with Crippen LogP contribution < -0.4 is 20.7 Å². The van der Waals surface area contributed by atoms with Crippen molar-refractivity contribution in [3.63, 3.8) is 0 Å². The molecule has 0 amide bonds. The lowest BCUT2D eigenvalue weighted by Crippen LogP contribution is -2.89. The van der Waals surface area contributed by atoms with E-state index in [0.29, 0.717) is 36.8 Å². The van der Waals surface area contributed by atoms with Crippen LogP contribution in [0.3, 0.4) is 0 Å². The van der Waals surface area contributed by atoms with E-state index in [0.717, 1.165) is 12.5 Å². The Balaban J connectivity index is 1.69. The van der Waals surface area contributed by atoms with Crippen LogP contribution in [0.2, 0.25) is 6.04 Å². The predicted octanol–water partition coefficient (Wildman–Crippen LogP) is 6.05. The highest BCUT2D eigenvalue weighted by Gasteiger charge is 2.66. The second kappa shape index (κ2) is 15.7. The van der Waals surface area contributed by atoms with E-state index in [9.17, 15) is 9.59 Å². The van der Waals surface area contributed by atoms with Gasteiger partial charge in [0.2, 0.25) is 0 Å². The van der Waals surface area contributed by atoms with E-state index in [-0.39, 0.29) is 25.2 Å². The highest BCUT2D eigenvalue weighted by atomic mass is 29.3. The summed E-state index contributed by atoms with van der Waals surface area (Å²) in [4.78, 5) is 24.6. The van der Waals surface area contributed by atoms with Gasteiger partial charge in [-0.05, 0) is 62.4 Å². The Hall–Kier alpha value is -4.31. The van der Waals surface area contributed by atoms with Crippen LogP contribution in [0.25, 0.3) is 0 Å². The Kier molecular flexibility index (Phi) is 11.5. The molecule has 0 atom stereocenters. The lowest BCUT2D eigenvalue weighted by molar-refractivity contribution is -0.139. The van der Waals surface area contributed by atoms with Gasteiger partial charge < -0.3 is 13.9 Å². The van der Waals surface area contributed by atoms with Gasteiger partial charge in [0.15, 0.2) is 7.59 Å². The van der Waals surface area contributed by atoms with Crippen molar-refractivity contribution in [1.29, 1.82) is 0 Å². The molecule has 0 unspecified atom stereocenters. The largest absolute Gasteiger partial charge is 0.462 e. The van der Waals surface area contributed by atoms with Gasteiger partial charge in [0.05, 0.1) is 18.8 Å². The van der Waals surface area contributed by atoms with Gasteiger partial charge in [0.25, 0.3) is 7.83 Å². The second-order valence-corrected chi connectivity index (χ2v) is 23.7. The summed E-state index contributed by atoms with van der Waals surface area (Å²) in [6.07, 6.45) is 3.52. The van der Waals surface area contributed by atoms with Crippen LogP contribution in [0.15, 0.2) is 146 Å². The van der Waals surface area contributed by atoms with Crippen LogP contribution in [-0.4, -0.2) is 46.2 Å². The molecule has 1 saturated heterocycles. The minimum Gasteiger partial charge on any atom is -0.462 e. The molecule has 0 aromatic heterocycles. The van der Waals surface area contributed by atoms with Crippen molar-refractivity contribution < 1.29 is 23.5 Å². The summed E-state index contributed by atoms with van der Waals surface area (Å²) in [7, 11) is -5.86. The van der Waals surface area contributed by atoms with Crippen molar-refractivity contribution in [2.24, 2.45) is 0 Å². The minimum absolute atomic E-state index is 0.284. The lowest BCUT2D eigenvalue weighted by atomic mass is 9.89. The zero-order valence-electron chi connectivity index (χ0n) is 28.2. The maximum absolute atomic E-state index is 12.3. The Bertz CT molecular complexity index is 1580. The first-order valence-electron chi connectivity index (χ1n) is 16.8. The fraction of sp³-hybridized carbons (Fsp3) is 0.268. The number of hydrogen-bond donors (Lipinski definition) is 0. The normalized spacial score (nSPS) is 16.0. The maximum atomic E-state index is 12.3. The average molecular weight is 675 g/mol. The van der Waals surface area contributed by atoms with Crippen molar-refractivity contribution in [2.75, 3.05) is 13.2 Å². The van der Waals surface area contributed by atoms with E-state index in [1.807, 2.05) is 0 Å². The molecule has 0 bridgehead atoms. The first-order valence-corrected chi connectivity index (χ1v) is 21.9. The molecule has 1 heterocycles. The second-order valence-electron chi connectivity index (χ2n) is 12.9. The fourth-order valence-corrected chi connectivity index (χ4v) is 25.8. The molecule has 1 aliphatic rings. The Morgan fingerprint density at radius 1 is 0.625 bits per heavy atom. The Labute approximate surface area is 287 Å². The van der Waals surface area contributed by atoms with E-state index in [1.165, 1.54) is 20.7 Å². The molecular weight excluding hydrogens is 629 g/mol. The van der Waals surface area contributed by atoms with Gasteiger partial charge in [-0.1, -0.05) is 145 Å². The molecule has 4 aromatic carbocycles. The van der Waals surface area contributed by atoms with Gasteiger partial charge in [0.1, 0.15) is 0 Å². The van der Waals surface area contributed by atoms with Gasteiger partial charge in [-0.15, -0.1) is 0 Å². The summed E-state index contributed by atoms with van der Waals surface area (Å²) in [5, 5.41) is 5.24. The molecule has 0 radical (unpaired) electrons. The summed E-state index contributed by atoms with van der Waals surface area (Å²) in [5.74, 6) is -0.755. The molecular formula is C41H46O5Si2. The van der Waals surface area contributed by atoms with Gasteiger partial charge in [0, 0.05) is 11.1 Å². The maximum Gasteiger partial charge on any atom is 0.333 e. The average Bonchev–Trinajstić information content (AvgIpc) is 3.13. The zero-order chi connectivity index (χ0) is 34.0. The van der Waals surface area contributed by atoms with E-state index < -0.39 is 21.0 Å². The fourth-order valence-electron chi connectivity index (χ4n) is 7.33. The topological polar surface area (TPSA) is 61.8 Å². The monoisotopic (exact) mass is 674 g/mol. The molecule has 1 aliphatic heterocycles. The molecule has 5 nitrogen and oxygen atoms in total. The number of carbonyl (C=O) groups is 2. The summed E-state index contributed by atoms with van der Waals surface area (Å²) in [6.45, 7) is 11.4. The highest BCUT2D eigenvalue weighted by Crippen LogP contribution is 2.43. The van der Waals surface area contributed by atoms with Gasteiger partial charge in [-0.3, -0.25) is 0 Å². The first kappa shape index (κ1) is 35.0. The molecule has 0 saturated carbocycles. The van der Waals surface area contributed by atoms with Crippen molar-refractivity contribution in [1.82, 2.24) is 0 Å². The third-order valence-corrected chi connectivity index (χ3v) is 25.5. The van der Waals surface area contributed by atoms with Crippen LogP contribution in [-0.2, 0) is 23.5 Å². The van der Waals surface area contributed by atoms with Crippen molar-refractivity contribution >= 4 is 48.1 Å². The predicted molar refractivity (Wildman–Crippen MR) is 199 cm³/mol. The van der Waals surface area contributed by atoms with Gasteiger partial charge >= 0.3 is 11.9 Å². The SMILES string of the molecule is C=C(C)C(=O)OCCCC1(CCCOC(=O)C(=C)C)CC[Si](c2ccccc2)(c2ccccc2)[Si](c2ccccc2)(c2ccccc2)O1. The van der Waals surface area contributed by atoms with Crippen LogP contribution in [0.1, 0.15) is 46.0 Å². The number of benzene rings is 4. The third kappa shape index (κ3) is 7.23. The quantitative estimate of drug-likeness (QED) is 0.0706. The number of rotatable bonds is 14. The summed E-state index contributed by atoms with van der Waals surface area (Å²) >= 11 is 0. The molecule has 0 aliphatic carbocycles. The molecule has 0 spiro atoms. The minimum atomic E-state index is -3.14. The number of carbonyl (C=O) groups excluding carboxylic acids is 2. The van der Waals surface area contributed by atoms with E-state index in [1.54, 1.807) is 13.8 Å². The molecule has 0 N–H and O–H groups in total. The number of esters is 2. The van der Waals surface area contributed by atoms with Crippen molar-refractivity contribution in [3.05, 3.63) is 146 Å². The van der Waals surface area contributed by atoms with Crippen LogP contribution >= 0.6 is 0 Å². The van der Waals surface area contributed by atoms with Crippen molar-refractivity contribution in [3.8, 4) is 0 Å². The third-order valence-electron chi connectivity index (χ3n) is 9.54.